The zero-order valence-electron chi connectivity index (χ0n) is 7.36. The van der Waals surface area contributed by atoms with Crippen LogP contribution >= 0.6 is 11.9 Å². The Kier molecular flexibility index (Phi) is 3.33. The molecule has 0 amide bonds. The summed E-state index contributed by atoms with van der Waals surface area (Å²) in [4.78, 5) is 11.4. The molecule has 5 heteroatoms. The Bertz CT molecular complexity index is 370. The largest absolute Gasteiger partial charge is 0.307 e. The number of ketones is 1. The van der Waals surface area contributed by atoms with E-state index in [-0.39, 0.29) is 22.8 Å². The SMILES string of the molecule is C=CCN1SCC(=O)C1=C(C#N)C#N. The van der Waals surface area contributed by atoms with Crippen molar-refractivity contribution in [2.75, 3.05) is 12.3 Å². The molecule has 1 heterocycles. The smallest absolute Gasteiger partial charge is 0.193 e. The van der Waals surface area contributed by atoms with Gasteiger partial charge in [0.25, 0.3) is 0 Å². The number of nitriles is 2. The van der Waals surface area contributed by atoms with Crippen LogP contribution < -0.4 is 0 Å². The Morgan fingerprint density at radius 2 is 2.29 bits per heavy atom. The van der Waals surface area contributed by atoms with Crippen LogP contribution in [0.3, 0.4) is 0 Å². The van der Waals surface area contributed by atoms with Crippen LogP contribution in [0.15, 0.2) is 23.9 Å². The molecule has 0 aromatic heterocycles. The molecular formula is C9H7N3OS. The molecular weight excluding hydrogens is 198 g/mol. The number of hydrogen-bond donors (Lipinski definition) is 0. The second-order valence-corrected chi connectivity index (χ2v) is 3.48. The predicted octanol–water partition coefficient (Wildman–Crippen LogP) is 1.01. The van der Waals surface area contributed by atoms with Crippen LogP contribution in [0.1, 0.15) is 0 Å². The van der Waals surface area contributed by atoms with Gasteiger partial charge in [0.15, 0.2) is 11.4 Å². The molecule has 1 rings (SSSR count). The lowest BCUT2D eigenvalue weighted by atomic mass is 10.2. The summed E-state index contributed by atoms with van der Waals surface area (Å²) < 4.78 is 1.62. The first-order chi connectivity index (χ1) is 6.74. The van der Waals surface area contributed by atoms with Gasteiger partial charge in [-0.15, -0.1) is 6.58 Å². The molecule has 0 aromatic rings. The third kappa shape index (κ3) is 1.78. The van der Waals surface area contributed by atoms with E-state index < -0.39 is 0 Å². The highest BCUT2D eigenvalue weighted by Crippen LogP contribution is 2.28. The minimum absolute atomic E-state index is 0.123. The summed E-state index contributed by atoms with van der Waals surface area (Å²) >= 11 is 1.29. The Hall–Kier alpha value is -1.72. The van der Waals surface area contributed by atoms with E-state index in [1.807, 2.05) is 0 Å². The van der Waals surface area contributed by atoms with E-state index in [0.717, 1.165) is 0 Å². The molecule has 14 heavy (non-hydrogen) atoms. The maximum absolute atomic E-state index is 11.4. The number of nitrogens with zero attached hydrogens (tertiary/aromatic N) is 3. The fourth-order valence-electron chi connectivity index (χ4n) is 1.06. The molecule has 4 nitrogen and oxygen atoms in total. The van der Waals surface area contributed by atoms with E-state index in [1.165, 1.54) is 11.9 Å². The van der Waals surface area contributed by atoms with Gasteiger partial charge in [0.05, 0.1) is 5.75 Å². The minimum atomic E-state index is -0.171. The average molecular weight is 205 g/mol. The first kappa shape index (κ1) is 10.4. The highest BCUT2D eigenvalue weighted by atomic mass is 32.2. The number of hydrogen-bond acceptors (Lipinski definition) is 5. The summed E-state index contributed by atoms with van der Waals surface area (Å²) in [5, 5.41) is 17.3. The van der Waals surface area contributed by atoms with Crippen molar-refractivity contribution in [1.82, 2.24) is 4.31 Å². The number of allylic oxidation sites excluding steroid dienone is 2. The predicted molar refractivity (Wildman–Crippen MR) is 52.6 cm³/mol. The maximum Gasteiger partial charge on any atom is 0.193 e. The number of carbonyl (C=O) groups is 1. The third-order valence-corrected chi connectivity index (χ3v) is 2.65. The van der Waals surface area contributed by atoms with E-state index in [2.05, 4.69) is 6.58 Å². The molecule has 0 radical (unpaired) electrons. The van der Waals surface area contributed by atoms with Gasteiger partial charge < -0.3 is 4.31 Å². The standard InChI is InChI=1S/C9H7N3OS/c1-2-3-12-9(7(4-10)5-11)8(13)6-14-12/h2H,1,3,6H2. The van der Waals surface area contributed by atoms with Crippen LogP contribution in [0.25, 0.3) is 0 Å². The summed E-state index contributed by atoms with van der Waals surface area (Å²) in [5.74, 6) is 0.116. The Labute approximate surface area is 86.2 Å². The maximum atomic E-state index is 11.4. The highest BCUT2D eigenvalue weighted by molar-refractivity contribution is 7.98. The van der Waals surface area contributed by atoms with Crippen molar-refractivity contribution in [3.8, 4) is 12.1 Å². The molecule has 0 unspecified atom stereocenters. The topological polar surface area (TPSA) is 67.9 Å². The van der Waals surface area contributed by atoms with Crippen molar-refractivity contribution >= 4 is 17.7 Å². The molecule has 0 aromatic carbocycles. The Morgan fingerprint density at radius 3 is 2.79 bits per heavy atom. The highest BCUT2D eigenvalue weighted by Gasteiger charge is 2.29. The molecule has 0 aliphatic carbocycles. The van der Waals surface area contributed by atoms with Crippen LogP contribution in [0.5, 0.6) is 0 Å². The van der Waals surface area contributed by atoms with Gasteiger partial charge in [-0.2, -0.15) is 10.5 Å². The first-order valence-electron chi connectivity index (χ1n) is 3.83. The summed E-state index contributed by atoms with van der Waals surface area (Å²) in [7, 11) is 0. The van der Waals surface area contributed by atoms with Crippen LogP contribution in [0, 0.1) is 22.7 Å². The quantitative estimate of drug-likeness (QED) is 0.291. The molecule has 1 aliphatic rings. The molecule has 1 saturated heterocycles. The summed E-state index contributed by atoms with van der Waals surface area (Å²) in [6.07, 6.45) is 1.62. The van der Waals surface area contributed by atoms with Gasteiger partial charge in [-0.25, -0.2) is 0 Å². The second kappa shape index (κ2) is 4.50. The fraction of sp³-hybridized carbons (Fsp3) is 0.222. The fourth-order valence-corrected chi connectivity index (χ4v) is 2.01. The van der Waals surface area contributed by atoms with Crippen molar-refractivity contribution < 1.29 is 4.79 Å². The van der Waals surface area contributed by atoms with Crippen LogP contribution in [-0.4, -0.2) is 22.4 Å². The van der Waals surface area contributed by atoms with Gasteiger partial charge in [0, 0.05) is 6.54 Å². The van der Waals surface area contributed by atoms with Crippen LogP contribution in [0.2, 0.25) is 0 Å². The molecule has 70 valence electrons. The number of carbonyl (C=O) groups excluding carboxylic acids is 1. The summed E-state index contributed by atoms with van der Waals surface area (Å²) in [6, 6.07) is 3.44. The summed E-state index contributed by atoms with van der Waals surface area (Å²) in [6.45, 7) is 4.00. The molecule has 1 aliphatic heterocycles. The molecule has 0 bridgehead atoms. The van der Waals surface area contributed by atoms with Crippen LogP contribution in [-0.2, 0) is 4.79 Å². The monoisotopic (exact) mass is 205 g/mol. The van der Waals surface area contributed by atoms with E-state index >= 15 is 0 Å². The van der Waals surface area contributed by atoms with Gasteiger partial charge in [0.1, 0.15) is 17.8 Å². The lowest BCUT2D eigenvalue weighted by Crippen LogP contribution is -2.15. The number of rotatable bonds is 2. The van der Waals surface area contributed by atoms with E-state index in [4.69, 9.17) is 10.5 Å². The number of Topliss-reactive ketones (excluding diaryl/α,β-unsaturated/α-hetero) is 1. The second-order valence-electron chi connectivity index (χ2n) is 2.49. The van der Waals surface area contributed by atoms with Crippen molar-refractivity contribution in [2.45, 2.75) is 0 Å². The van der Waals surface area contributed by atoms with Gasteiger partial charge in [-0.05, 0) is 11.9 Å². The van der Waals surface area contributed by atoms with Crippen molar-refractivity contribution in [3.63, 3.8) is 0 Å². The molecule has 0 saturated carbocycles. The minimum Gasteiger partial charge on any atom is -0.307 e. The zero-order valence-corrected chi connectivity index (χ0v) is 8.17. The Balaban J connectivity index is 3.11. The Morgan fingerprint density at radius 1 is 1.64 bits per heavy atom. The van der Waals surface area contributed by atoms with Crippen molar-refractivity contribution in [3.05, 3.63) is 23.9 Å². The summed E-state index contributed by atoms with van der Waals surface area (Å²) in [5.41, 5.74) is 0.0850. The van der Waals surface area contributed by atoms with E-state index in [1.54, 1.807) is 22.5 Å². The zero-order chi connectivity index (χ0) is 10.6. The van der Waals surface area contributed by atoms with E-state index in [9.17, 15) is 4.79 Å². The van der Waals surface area contributed by atoms with Gasteiger partial charge in [0.2, 0.25) is 0 Å². The van der Waals surface area contributed by atoms with Crippen LogP contribution in [0.4, 0.5) is 0 Å². The third-order valence-electron chi connectivity index (χ3n) is 1.62. The molecule has 0 atom stereocenters. The average Bonchev–Trinajstić information content (AvgIpc) is 2.53. The van der Waals surface area contributed by atoms with Crippen molar-refractivity contribution in [1.29, 1.82) is 10.5 Å². The lowest BCUT2D eigenvalue weighted by Gasteiger charge is -2.13. The molecule has 0 spiro atoms. The molecule has 1 fully saturated rings. The van der Waals surface area contributed by atoms with Crippen molar-refractivity contribution in [2.24, 2.45) is 0 Å². The van der Waals surface area contributed by atoms with Gasteiger partial charge in [-0.3, -0.25) is 4.79 Å². The lowest BCUT2D eigenvalue weighted by molar-refractivity contribution is -0.113. The molecule has 0 N–H and O–H groups in total. The normalized spacial score (nSPS) is 14.9. The van der Waals surface area contributed by atoms with Gasteiger partial charge >= 0.3 is 0 Å². The first-order valence-corrected chi connectivity index (χ1v) is 4.77. The van der Waals surface area contributed by atoms with Gasteiger partial charge in [-0.1, -0.05) is 6.08 Å². The van der Waals surface area contributed by atoms with E-state index in [0.29, 0.717) is 6.54 Å².